The Kier molecular flexibility index (Phi) is 4.66. The highest BCUT2D eigenvalue weighted by atomic mass is 16.5. The molecule has 0 saturated carbocycles. The summed E-state index contributed by atoms with van der Waals surface area (Å²) in [7, 11) is 3.21. The lowest BCUT2D eigenvalue weighted by molar-refractivity contribution is 0.0747. The van der Waals surface area contributed by atoms with Gasteiger partial charge in [-0.2, -0.15) is 0 Å². The average Bonchev–Trinajstić information content (AvgIpc) is 2.31. The first-order valence-corrected chi connectivity index (χ1v) is 5.53. The van der Waals surface area contributed by atoms with Gasteiger partial charge in [-0.05, 0) is 44.2 Å². The number of aliphatic hydroxyl groups is 1. The lowest BCUT2D eigenvalue weighted by Crippen LogP contribution is -2.31. The van der Waals surface area contributed by atoms with Gasteiger partial charge in [-0.15, -0.1) is 0 Å². The number of carbonyl (C=O) groups excluding carboxylic acids is 1. The van der Waals surface area contributed by atoms with Crippen LogP contribution in [0.25, 0.3) is 0 Å². The van der Waals surface area contributed by atoms with Gasteiger partial charge in [0.15, 0.2) is 5.78 Å². The van der Waals surface area contributed by atoms with Crippen molar-refractivity contribution in [1.82, 2.24) is 5.32 Å². The van der Waals surface area contributed by atoms with Gasteiger partial charge in [-0.1, -0.05) is 0 Å². The third-order valence-corrected chi connectivity index (χ3v) is 2.78. The van der Waals surface area contributed by atoms with Crippen molar-refractivity contribution in [3.05, 3.63) is 28.8 Å². The molecule has 0 aliphatic rings. The highest BCUT2D eigenvalue weighted by Gasteiger charge is 2.20. The molecule has 0 fully saturated rings. The molecule has 1 rings (SSSR count). The first-order valence-electron chi connectivity index (χ1n) is 5.53. The van der Waals surface area contributed by atoms with Gasteiger partial charge in [0.05, 0.1) is 12.7 Å². The maximum atomic E-state index is 12.0. The Morgan fingerprint density at radius 3 is 2.53 bits per heavy atom. The van der Waals surface area contributed by atoms with Crippen LogP contribution in [-0.4, -0.2) is 37.7 Å². The maximum Gasteiger partial charge on any atom is 0.196 e. The highest BCUT2D eigenvalue weighted by Crippen LogP contribution is 2.24. The Hall–Kier alpha value is -1.39. The topological polar surface area (TPSA) is 58.6 Å². The summed E-state index contributed by atoms with van der Waals surface area (Å²) in [5.74, 6) is 0.188. The molecule has 1 unspecified atom stereocenters. The number of likely N-dealkylation sites (N-methyl/N-ethyl adjacent to an activating group) is 1. The first-order chi connectivity index (χ1) is 8.01. The van der Waals surface area contributed by atoms with Crippen LogP contribution >= 0.6 is 0 Å². The minimum atomic E-state index is -1.05. The largest absolute Gasteiger partial charge is 0.496 e. The van der Waals surface area contributed by atoms with Crippen LogP contribution < -0.4 is 10.1 Å². The number of aliphatic hydroxyl groups excluding tert-OH is 1. The minimum Gasteiger partial charge on any atom is -0.496 e. The van der Waals surface area contributed by atoms with E-state index in [2.05, 4.69) is 5.32 Å². The molecule has 4 nitrogen and oxygen atoms in total. The quantitative estimate of drug-likeness (QED) is 0.752. The van der Waals surface area contributed by atoms with Gasteiger partial charge in [0.2, 0.25) is 0 Å². The molecule has 0 heterocycles. The van der Waals surface area contributed by atoms with Crippen LogP contribution in [-0.2, 0) is 0 Å². The Labute approximate surface area is 102 Å². The zero-order chi connectivity index (χ0) is 13.0. The van der Waals surface area contributed by atoms with Crippen LogP contribution in [0, 0.1) is 13.8 Å². The molecule has 0 aliphatic carbocycles. The maximum absolute atomic E-state index is 12.0. The van der Waals surface area contributed by atoms with Crippen molar-refractivity contribution in [2.45, 2.75) is 20.0 Å². The molecule has 0 aromatic heterocycles. The predicted octanol–water partition coefficient (Wildman–Crippen LogP) is 1.08. The van der Waals surface area contributed by atoms with E-state index in [0.717, 1.165) is 11.1 Å². The van der Waals surface area contributed by atoms with Crippen molar-refractivity contribution in [3.8, 4) is 5.75 Å². The summed E-state index contributed by atoms with van der Waals surface area (Å²) in [5.41, 5.74) is 2.49. The van der Waals surface area contributed by atoms with Crippen molar-refractivity contribution >= 4 is 5.78 Å². The van der Waals surface area contributed by atoms with Gasteiger partial charge in [-0.25, -0.2) is 0 Å². The Morgan fingerprint density at radius 1 is 1.41 bits per heavy atom. The predicted molar refractivity (Wildman–Crippen MR) is 66.7 cm³/mol. The molecule has 1 aromatic carbocycles. The third-order valence-electron chi connectivity index (χ3n) is 2.78. The second-order valence-corrected chi connectivity index (χ2v) is 4.07. The average molecular weight is 237 g/mol. The molecule has 17 heavy (non-hydrogen) atoms. The van der Waals surface area contributed by atoms with Crippen LogP contribution in [0.5, 0.6) is 5.75 Å². The van der Waals surface area contributed by atoms with Gasteiger partial charge < -0.3 is 15.2 Å². The number of benzene rings is 1. The molecule has 0 bridgehead atoms. The van der Waals surface area contributed by atoms with E-state index >= 15 is 0 Å². The van der Waals surface area contributed by atoms with Crippen molar-refractivity contribution in [3.63, 3.8) is 0 Å². The van der Waals surface area contributed by atoms with E-state index in [1.165, 1.54) is 7.11 Å². The molecule has 0 radical (unpaired) electrons. The second kappa shape index (κ2) is 5.80. The Morgan fingerprint density at radius 2 is 2.00 bits per heavy atom. The van der Waals surface area contributed by atoms with Crippen LogP contribution in [0.4, 0.5) is 0 Å². The molecule has 1 atom stereocenters. The molecule has 2 N–H and O–H groups in total. The summed E-state index contributed by atoms with van der Waals surface area (Å²) in [6, 6.07) is 3.57. The van der Waals surface area contributed by atoms with Crippen molar-refractivity contribution in [2.75, 3.05) is 20.7 Å². The number of ketones is 1. The summed E-state index contributed by atoms with van der Waals surface area (Å²) in [5, 5.41) is 12.5. The van der Waals surface area contributed by atoms with E-state index in [1.807, 2.05) is 19.9 Å². The molecule has 0 amide bonds. The van der Waals surface area contributed by atoms with Crippen molar-refractivity contribution < 1.29 is 14.6 Å². The zero-order valence-electron chi connectivity index (χ0n) is 10.7. The smallest absolute Gasteiger partial charge is 0.196 e. The molecule has 0 spiro atoms. The van der Waals surface area contributed by atoms with E-state index in [9.17, 15) is 9.90 Å². The number of Topliss-reactive ketones (excluding diaryl/α,β-unsaturated/α-hetero) is 1. The normalized spacial score (nSPS) is 12.3. The molecular formula is C13H19NO3. The number of aryl methyl sites for hydroxylation is 2. The number of hydrogen-bond acceptors (Lipinski definition) is 4. The number of hydrogen-bond donors (Lipinski definition) is 2. The SMILES string of the molecule is CNCC(O)C(=O)c1cc(C)c(C)cc1OC. The summed E-state index contributed by atoms with van der Waals surface area (Å²) >= 11 is 0. The third kappa shape index (κ3) is 3.05. The molecule has 0 saturated heterocycles. The number of rotatable bonds is 5. The summed E-state index contributed by atoms with van der Waals surface area (Å²) < 4.78 is 5.18. The van der Waals surface area contributed by atoms with Crippen molar-refractivity contribution in [2.24, 2.45) is 0 Å². The summed E-state index contributed by atoms with van der Waals surface area (Å²) in [6.45, 7) is 4.11. The van der Waals surface area contributed by atoms with E-state index in [1.54, 1.807) is 13.1 Å². The zero-order valence-corrected chi connectivity index (χ0v) is 10.7. The van der Waals surface area contributed by atoms with Crippen LogP contribution in [0.15, 0.2) is 12.1 Å². The van der Waals surface area contributed by atoms with Gasteiger partial charge in [0.1, 0.15) is 11.9 Å². The highest BCUT2D eigenvalue weighted by molar-refractivity contribution is 6.02. The fraction of sp³-hybridized carbons (Fsp3) is 0.462. The molecule has 1 aromatic rings. The summed E-state index contributed by atoms with van der Waals surface area (Å²) in [6.07, 6.45) is -1.05. The number of carbonyl (C=O) groups is 1. The number of ether oxygens (including phenoxy) is 1. The van der Waals surface area contributed by atoms with E-state index in [4.69, 9.17) is 4.74 Å². The van der Waals surface area contributed by atoms with Crippen LogP contribution in [0.1, 0.15) is 21.5 Å². The standard InChI is InChI=1S/C13H19NO3/c1-8-5-10(12(17-4)6-9(8)2)13(16)11(15)7-14-3/h5-6,11,14-15H,7H2,1-4H3. The van der Waals surface area contributed by atoms with Gasteiger partial charge in [-0.3, -0.25) is 4.79 Å². The molecule has 94 valence electrons. The Balaban J connectivity index is 3.12. The fourth-order valence-electron chi connectivity index (χ4n) is 1.62. The number of methoxy groups -OCH3 is 1. The number of nitrogens with one attached hydrogen (secondary N) is 1. The minimum absolute atomic E-state index is 0.231. The van der Waals surface area contributed by atoms with E-state index in [-0.39, 0.29) is 12.3 Å². The van der Waals surface area contributed by atoms with Crippen molar-refractivity contribution in [1.29, 1.82) is 0 Å². The second-order valence-electron chi connectivity index (χ2n) is 4.07. The van der Waals surface area contributed by atoms with Crippen LogP contribution in [0.2, 0.25) is 0 Å². The fourth-order valence-corrected chi connectivity index (χ4v) is 1.62. The van der Waals surface area contributed by atoms with Gasteiger partial charge >= 0.3 is 0 Å². The molecule has 0 aliphatic heterocycles. The Bertz CT molecular complexity index is 415. The lowest BCUT2D eigenvalue weighted by Gasteiger charge is -2.14. The monoisotopic (exact) mass is 237 g/mol. The molecular weight excluding hydrogens is 218 g/mol. The van der Waals surface area contributed by atoms with Gasteiger partial charge in [0.25, 0.3) is 0 Å². The molecule has 4 heteroatoms. The summed E-state index contributed by atoms with van der Waals surface area (Å²) in [4.78, 5) is 12.0. The van der Waals surface area contributed by atoms with E-state index < -0.39 is 6.10 Å². The first kappa shape index (κ1) is 13.7. The lowest BCUT2D eigenvalue weighted by atomic mass is 9.99. The van der Waals surface area contributed by atoms with Crippen LogP contribution in [0.3, 0.4) is 0 Å². The van der Waals surface area contributed by atoms with Gasteiger partial charge in [0, 0.05) is 6.54 Å². The van der Waals surface area contributed by atoms with E-state index in [0.29, 0.717) is 11.3 Å².